The number of piperidine rings is 2. The molecule has 1 N–H and O–H groups in total. The summed E-state index contributed by atoms with van der Waals surface area (Å²) >= 11 is 0. The van der Waals surface area contributed by atoms with Crippen LogP contribution in [0.3, 0.4) is 0 Å². The molecular formula is C17H35N3. The highest BCUT2D eigenvalue weighted by Crippen LogP contribution is 2.23. The smallest absolute Gasteiger partial charge is 0.0120 e. The van der Waals surface area contributed by atoms with E-state index in [-0.39, 0.29) is 0 Å². The van der Waals surface area contributed by atoms with Crippen LogP contribution in [-0.2, 0) is 0 Å². The predicted molar refractivity (Wildman–Crippen MR) is 87.2 cm³/mol. The van der Waals surface area contributed by atoms with Gasteiger partial charge in [0.05, 0.1) is 0 Å². The number of likely N-dealkylation sites (tertiary alicyclic amines) is 2. The Morgan fingerprint density at radius 2 is 1.65 bits per heavy atom. The standard InChI is InChI=1S/C17H35N3/c1-4-18-14-15(2)16(3)19-12-8-17(9-13-19)20-10-6-5-7-11-20/h15-18H,4-14H2,1-3H3. The second-order valence-corrected chi connectivity index (χ2v) is 6.89. The number of hydrogen-bond acceptors (Lipinski definition) is 3. The summed E-state index contributed by atoms with van der Waals surface area (Å²) in [5, 5.41) is 3.49. The molecule has 3 heteroatoms. The van der Waals surface area contributed by atoms with Gasteiger partial charge in [-0.1, -0.05) is 20.3 Å². The number of nitrogens with one attached hydrogen (secondary N) is 1. The van der Waals surface area contributed by atoms with E-state index < -0.39 is 0 Å². The highest BCUT2D eigenvalue weighted by atomic mass is 15.2. The summed E-state index contributed by atoms with van der Waals surface area (Å²) in [5.74, 6) is 0.751. The van der Waals surface area contributed by atoms with Crippen LogP contribution in [0.25, 0.3) is 0 Å². The van der Waals surface area contributed by atoms with Gasteiger partial charge in [-0.2, -0.15) is 0 Å². The first-order chi connectivity index (χ1) is 9.72. The van der Waals surface area contributed by atoms with Gasteiger partial charge in [-0.3, -0.25) is 0 Å². The van der Waals surface area contributed by atoms with Crippen LogP contribution in [0, 0.1) is 5.92 Å². The molecule has 2 heterocycles. The molecule has 2 saturated heterocycles. The fourth-order valence-corrected chi connectivity index (χ4v) is 3.84. The van der Waals surface area contributed by atoms with Gasteiger partial charge in [0.15, 0.2) is 0 Å². The molecular weight excluding hydrogens is 246 g/mol. The van der Waals surface area contributed by atoms with Crippen molar-refractivity contribution in [2.75, 3.05) is 39.3 Å². The SMILES string of the molecule is CCNCC(C)C(C)N1CCC(N2CCCCC2)CC1. The minimum atomic E-state index is 0.719. The molecule has 0 bridgehead atoms. The third-order valence-electron chi connectivity index (χ3n) is 5.52. The topological polar surface area (TPSA) is 18.5 Å². The van der Waals surface area contributed by atoms with Crippen molar-refractivity contribution < 1.29 is 0 Å². The maximum Gasteiger partial charge on any atom is 0.0120 e. The second-order valence-electron chi connectivity index (χ2n) is 6.89. The van der Waals surface area contributed by atoms with Gasteiger partial charge in [0.1, 0.15) is 0 Å². The fraction of sp³-hybridized carbons (Fsp3) is 1.00. The van der Waals surface area contributed by atoms with Crippen LogP contribution >= 0.6 is 0 Å². The molecule has 2 aliphatic rings. The average Bonchev–Trinajstić information content (AvgIpc) is 2.53. The zero-order valence-corrected chi connectivity index (χ0v) is 13.9. The molecule has 2 rings (SSSR count). The third kappa shape index (κ3) is 4.44. The summed E-state index contributed by atoms with van der Waals surface area (Å²) < 4.78 is 0. The molecule has 0 radical (unpaired) electrons. The van der Waals surface area contributed by atoms with Crippen molar-refractivity contribution in [1.29, 1.82) is 0 Å². The second kappa shape index (κ2) is 8.35. The zero-order chi connectivity index (χ0) is 14.4. The quantitative estimate of drug-likeness (QED) is 0.807. The molecule has 0 aromatic rings. The highest BCUT2D eigenvalue weighted by molar-refractivity contribution is 4.85. The Morgan fingerprint density at radius 1 is 1.00 bits per heavy atom. The lowest BCUT2D eigenvalue weighted by Crippen LogP contribution is -2.50. The molecule has 0 aliphatic carbocycles. The van der Waals surface area contributed by atoms with Crippen molar-refractivity contribution in [2.24, 2.45) is 5.92 Å². The molecule has 0 spiro atoms. The highest BCUT2D eigenvalue weighted by Gasteiger charge is 2.28. The van der Waals surface area contributed by atoms with Gasteiger partial charge < -0.3 is 15.1 Å². The van der Waals surface area contributed by atoms with Crippen molar-refractivity contribution in [2.45, 2.75) is 65.0 Å². The molecule has 0 saturated carbocycles. The van der Waals surface area contributed by atoms with E-state index in [0.29, 0.717) is 0 Å². The maximum atomic E-state index is 3.49. The van der Waals surface area contributed by atoms with E-state index in [2.05, 4.69) is 35.9 Å². The van der Waals surface area contributed by atoms with Crippen molar-refractivity contribution in [1.82, 2.24) is 15.1 Å². The van der Waals surface area contributed by atoms with E-state index >= 15 is 0 Å². The molecule has 2 aliphatic heterocycles. The van der Waals surface area contributed by atoms with Gasteiger partial charge in [-0.25, -0.2) is 0 Å². The van der Waals surface area contributed by atoms with Gasteiger partial charge in [-0.05, 0) is 77.8 Å². The van der Waals surface area contributed by atoms with Crippen molar-refractivity contribution in [3.63, 3.8) is 0 Å². The van der Waals surface area contributed by atoms with E-state index in [0.717, 1.165) is 31.1 Å². The normalized spacial score (nSPS) is 26.6. The van der Waals surface area contributed by atoms with Crippen LogP contribution in [0.15, 0.2) is 0 Å². The Morgan fingerprint density at radius 3 is 2.25 bits per heavy atom. The fourth-order valence-electron chi connectivity index (χ4n) is 3.84. The first kappa shape index (κ1) is 16.3. The number of rotatable bonds is 6. The van der Waals surface area contributed by atoms with Gasteiger partial charge in [0.2, 0.25) is 0 Å². The van der Waals surface area contributed by atoms with Crippen LogP contribution in [0.2, 0.25) is 0 Å². The van der Waals surface area contributed by atoms with Crippen molar-refractivity contribution in [3.8, 4) is 0 Å². The Kier molecular flexibility index (Phi) is 6.79. The Balaban J connectivity index is 1.72. The van der Waals surface area contributed by atoms with Crippen molar-refractivity contribution in [3.05, 3.63) is 0 Å². The van der Waals surface area contributed by atoms with Gasteiger partial charge >= 0.3 is 0 Å². The van der Waals surface area contributed by atoms with E-state index in [1.807, 2.05) is 0 Å². The summed E-state index contributed by atoms with van der Waals surface area (Å²) in [5.41, 5.74) is 0. The lowest BCUT2D eigenvalue weighted by molar-refractivity contribution is 0.0626. The molecule has 3 nitrogen and oxygen atoms in total. The number of nitrogens with zero attached hydrogens (tertiary/aromatic N) is 2. The minimum absolute atomic E-state index is 0.719. The first-order valence-corrected chi connectivity index (χ1v) is 8.91. The molecule has 2 atom stereocenters. The van der Waals surface area contributed by atoms with Gasteiger partial charge in [-0.15, -0.1) is 0 Å². The largest absolute Gasteiger partial charge is 0.317 e. The summed E-state index contributed by atoms with van der Waals surface area (Å²) in [6.45, 7) is 14.6. The Hall–Kier alpha value is -0.120. The molecule has 118 valence electrons. The van der Waals surface area contributed by atoms with Gasteiger partial charge in [0, 0.05) is 12.1 Å². The zero-order valence-electron chi connectivity index (χ0n) is 13.9. The van der Waals surface area contributed by atoms with Crippen LogP contribution < -0.4 is 5.32 Å². The Labute approximate surface area is 126 Å². The van der Waals surface area contributed by atoms with Crippen LogP contribution in [0.5, 0.6) is 0 Å². The summed E-state index contributed by atoms with van der Waals surface area (Å²) in [6.07, 6.45) is 7.08. The molecule has 20 heavy (non-hydrogen) atoms. The summed E-state index contributed by atoms with van der Waals surface area (Å²) in [6, 6.07) is 1.60. The minimum Gasteiger partial charge on any atom is -0.317 e. The summed E-state index contributed by atoms with van der Waals surface area (Å²) in [4.78, 5) is 5.50. The molecule has 0 amide bonds. The lowest BCUT2D eigenvalue weighted by atomic mass is 9.95. The van der Waals surface area contributed by atoms with Gasteiger partial charge in [0.25, 0.3) is 0 Å². The van der Waals surface area contributed by atoms with Crippen LogP contribution in [0.1, 0.15) is 52.9 Å². The number of hydrogen-bond donors (Lipinski definition) is 1. The predicted octanol–water partition coefficient (Wildman–Crippen LogP) is 2.57. The molecule has 2 unspecified atom stereocenters. The maximum absolute atomic E-state index is 3.49. The average molecular weight is 281 g/mol. The van der Waals surface area contributed by atoms with E-state index in [4.69, 9.17) is 0 Å². The third-order valence-corrected chi connectivity index (χ3v) is 5.52. The summed E-state index contributed by atoms with van der Waals surface area (Å²) in [7, 11) is 0. The van der Waals surface area contributed by atoms with Crippen LogP contribution in [0.4, 0.5) is 0 Å². The van der Waals surface area contributed by atoms with E-state index in [9.17, 15) is 0 Å². The lowest BCUT2D eigenvalue weighted by Gasteiger charge is -2.43. The first-order valence-electron chi connectivity index (χ1n) is 8.91. The monoisotopic (exact) mass is 281 g/mol. The van der Waals surface area contributed by atoms with E-state index in [1.54, 1.807) is 0 Å². The van der Waals surface area contributed by atoms with Crippen molar-refractivity contribution >= 4 is 0 Å². The molecule has 0 aromatic heterocycles. The molecule has 0 aromatic carbocycles. The Bertz CT molecular complexity index is 255. The molecule has 2 fully saturated rings. The van der Waals surface area contributed by atoms with E-state index in [1.165, 1.54) is 58.3 Å². The van der Waals surface area contributed by atoms with Crippen LogP contribution in [-0.4, -0.2) is 61.2 Å².